The Balaban J connectivity index is 1.99. The Morgan fingerprint density at radius 1 is 1.05 bits per heavy atom. The summed E-state index contributed by atoms with van der Waals surface area (Å²) in [5.74, 6) is 1.03. The number of halogens is 1. The van der Waals surface area contributed by atoms with Crippen molar-refractivity contribution in [2.24, 2.45) is 0 Å². The molecule has 0 aliphatic rings. The minimum absolute atomic E-state index is 0.315. The van der Waals surface area contributed by atoms with Crippen LogP contribution in [0.2, 0.25) is 0 Å². The first-order chi connectivity index (χ1) is 9.76. The summed E-state index contributed by atoms with van der Waals surface area (Å²) in [5.41, 5.74) is 1.53. The second-order valence-corrected chi connectivity index (χ2v) is 4.24. The number of nitrogens with one attached hydrogen (secondary N) is 1. The van der Waals surface area contributed by atoms with Crippen LogP contribution in [-0.2, 0) is 0 Å². The Kier molecular flexibility index (Phi) is 3.16. The Morgan fingerprint density at radius 2 is 1.85 bits per heavy atom. The number of hydrogen-bond acceptors (Lipinski definition) is 4. The molecule has 20 heavy (non-hydrogen) atoms. The highest BCUT2D eigenvalue weighted by Crippen LogP contribution is 2.24. The van der Waals surface area contributed by atoms with Crippen molar-refractivity contribution >= 4 is 22.4 Å². The molecule has 0 bridgehead atoms. The van der Waals surface area contributed by atoms with Crippen LogP contribution in [0.25, 0.3) is 10.9 Å². The molecule has 1 N–H and O–H groups in total. The molecule has 0 atom stereocenters. The van der Waals surface area contributed by atoms with E-state index in [1.165, 1.54) is 18.5 Å². The highest BCUT2D eigenvalue weighted by molar-refractivity contribution is 5.90. The molecule has 0 amide bonds. The van der Waals surface area contributed by atoms with E-state index in [1.807, 2.05) is 24.3 Å². The Bertz CT molecular complexity index is 744. The van der Waals surface area contributed by atoms with Crippen molar-refractivity contribution in [2.45, 2.75) is 0 Å². The van der Waals surface area contributed by atoms with Crippen LogP contribution in [0.1, 0.15) is 0 Å². The molecule has 0 unspecified atom stereocenters. The maximum Gasteiger partial charge on any atom is 0.141 e. The molecule has 5 heteroatoms. The molecule has 1 heterocycles. The number of fused-ring (bicyclic) bond motifs is 1. The monoisotopic (exact) mass is 269 g/mol. The maximum atomic E-state index is 13.4. The van der Waals surface area contributed by atoms with Gasteiger partial charge in [-0.05, 0) is 42.5 Å². The van der Waals surface area contributed by atoms with Crippen LogP contribution in [0.15, 0.2) is 48.8 Å². The van der Waals surface area contributed by atoms with Gasteiger partial charge in [0.1, 0.15) is 23.7 Å². The SMILES string of the molecule is COc1ccc(Nc2ncnc3ccc(F)cc23)cc1. The van der Waals surface area contributed by atoms with Gasteiger partial charge in [-0.1, -0.05) is 0 Å². The van der Waals surface area contributed by atoms with Gasteiger partial charge in [0.25, 0.3) is 0 Å². The molecule has 0 saturated heterocycles. The molecule has 4 nitrogen and oxygen atoms in total. The topological polar surface area (TPSA) is 47.0 Å². The lowest BCUT2D eigenvalue weighted by Crippen LogP contribution is -1.96. The van der Waals surface area contributed by atoms with E-state index in [-0.39, 0.29) is 5.82 Å². The summed E-state index contributed by atoms with van der Waals surface area (Å²) in [6.45, 7) is 0. The summed E-state index contributed by atoms with van der Waals surface area (Å²) in [6.07, 6.45) is 1.45. The quantitative estimate of drug-likeness (QED) is 0.790. The Morgan fingerprint density at radius 3 is 2.60 bits per heavy atom. The van der Waals surface area contributed by atoms with E-state index in [0.29, 0.717) is 16.7 Å². The number of hydrogen-bond donors (Lipinski definition) is 1. The fourth-order valence-electron chi connectivity index (χ4n) is 1.94. The number of rotatable bonds is 3. The zero-order valence-electron chi connectivity index (χ0n) is 10.8. The average molecular weight is 269 g/mol. The molecule has 0 radical (unpaired) electrons. The maximum absolute atomic E-state index is 13.4. The molecule has 3 aromatic rings. The summed E-state index contributed by atoms with van der Waals surface area (Å²) in [4.78, 5) is 8.28. The predicted molar refractivity (Wildman–Crippen MR) is 75.8 cm³/mol. The fraction of sp³-hybridized carbons (Fsp3) is 0.0667. The van der Waals surface area contributed by atoms with Gasteiger partial charge in [-0.3, -0.25) is 0 Å². The highest BCUT2D eigenvalue weighted by atomic mass is 19.1. The molecule has 100 valence electrons. The van der Waals surface area contributed by atoms with Gasteiger partial charge < -0.3 is 10.1 Å². The summed E-state index contributed by atoms with van der Waals surface area (Å²) in [6, 6.07) is 11.8. The molecule has 0 aliphatic heterocycles. The first-order valence-corrected chi connectivity index (χ1v) is 6.07. The molecule has 0 saturated carbocycles. The second-order valence-electron chi connectivity index (χ2n) is 4.24. The molecule has 3 rings (SSSR count). The normalized spacial score (nSPS) is 10.5. The molecule has 1 aromatic heterocycles. The third kappa shape index (κ3) is 2.38. The van der Waals surface area contributed by atoms with Gasteiger partial charge in [0.05, 0.1) is 12.6 Å². The second kappa shape index (κ2) is 5.13. The van der Waals surface area contributed by atoms with Crippen LogP contribution in [0.4, 0.5) is 15.9 Å². The third-order valence-corrected chi connectivity index (χ3v) is 2.95. The highest BCUT2D eigenvalue weighted by Gasteiger charge is 2.05. The Labute approximate surface area is 115 Å². The van der Waals surface area contributed by atoms with Gasteiger partial charge in [-0.15, -0.1) is 0 Å². The molecule has 0 spiro atoms. The molecule has 0 fully saturated rings. The van der Waals surface area contributed by atoms with Crippen LogP contribution >= 0.6 is 0 Å². The lowest BCUT2D eigenvalue weighted by Gasteiger charge is -2.09. The lowest BCUT2D eigenvalue weighted by atomic mass is 10.2. The molecular weight excluding hydrogens is 257 g/mol. The van der Waals surface area contributed by atoms with Gasteiger partial charge in [0.15, 0.2) is 0 Å². The van der Waals surface area contributed by atoms with Crippen LogP contribution < -0.4 is 10.1 Å². The summed E-state index contributed by atoms with van der Waals surface area (Å²) in [7, 11) is 1.61. The summed E-state index contributed by atoms with van der Waals surface area (Å²) >= 11 is 0. The predicted octanol–water partition coefficient (Wildman–Crippen LogP) is 3.52. The van der Waals surface area contributed by atoms with Crippen LogP contribution in [0.5, 0.6) is 5.75 Å². The van der Waals surface area contributed by atoms with E-state index < -0.39 is 0 Å². The van der Waals surface area contributed by atoms with E-state index in [9.17, 15) is 4.39 Å². The average Bonchev–Trinajstić information content (AvgIpc) is 2.49. The fourth-order valence-corrected chi connectivity index (χ4v) is 1.94. The van der Waals surface area contributed by atoms with Crippen LogP contribution in [-0.4, -0.2) is 17.1 Å². The van der Waals surface area contributed by atoms with Gasteiger partial charge in [0, 0.05) is 11.1 Å². The first-order valence-electron chi connectivity index (χ1n) is 6.07. The van der Waals surface area contributed by atoms with Crippen molar-refractivity contribution < 1.29 is 9.13 Å². The smallest absolute Gasteiger partial charge is 0.141 e. The van der Waals surface area contributed by atoms with Crippen molar-refractivity contribution in [3.05, 3.63) is 54.6 Å². The van der Waals surface area contributed by atoms with Gasteiger partial charge in [-0.25, -0.2) is 14.4 Å². The third-order valence-electron chi connectivity index (χ3n) is 2.95. The van der Waals surface area contributed by atoms with Gasteiger partial charge in [0.2, 0.25) is 0 Å². The standard InChI is InChI=1S/C15H12FN3O/c1-20-12-5-3-11(4-6-12)19-15-13-8-10(16)2-7-14(13)17-9-18-15/h2-9H,1H3,(H,17,18,19). The van der Waals surface area contributed by atoms with Crippen molar-refractivity contribution in [2.75, 3.05) is 12.4 Å². The molecule has 0 aliphatic carbocycles. The van der Waals surface area contributed by atoms with Crippen molar-refractivity contribution in [1.82, 2.24) is 9.97 Å². The minimum atomic E-state index is -0.315. The Hall–Kier alpha value is -2.69. The number of anilines is 2. The number of aromatic nitrogens is 2. The van der Waals surface area contributed by atoms with Crippen LogP contribution in [0, 0.1) is 5.82 Å². The van der Waals surface area contributed by atoms with Gasteiger partial charge >= 0.3 is 0 Å². The summed E-state index contributed by atoms with van der Waals surface area (Å²) < 4.78 is 18.5. The van der Waals surface area contributed by atoms with E-state index in [2.05, 4.69) is 15.3 Å². The first kappa shape index (κ1) is 12.3. The number of methoxy groups -OCH3 is 1. The summed E-state index contributed by atoms with van der Waals surface area (Å²) in [5, 5.41) is 3.79. The lowest BCUT2D eigenvalue weighted by molar-refractivity contribution is 0.415. The minimum Gasteiger partial charge on any atom is -0.497 e. The van der Waals surface area contributed by atoms with E-state index >= 15 is 0 Å². The van der Waals surface area contributed by atoms with Crippen LogP contribution in [0.3, 0.4) is 0 Å². The van der Waals surface area contributed by atoms with Gasteiger partial charge in [-0.2, -0.15) is 0 Å². The van der Waals surface area contributed by atoms with E-state index in [1.54, 1.807) is 13.2 Å². The largest absolute Gasteiger partial charge is 0.497 e. The van der Waals surface area contributed by atoms with Crippen molar-refractivity contribution in [1.29, 1.82) is 0 Å². The zero-order valence-corrected chi connectivity index (χ0v) is 10.8. The zero-order chi connectivity index (χ0) is 13.9. The van der Waals surface area contributed by atoms with Crippen molar-refractivity contribution in [3.8, 4) is 5.75 Å². The van der Waals surface area contributed by atoms with Crippen molar-refractivity contribution in [3.63, 3.8) is 0 Å². The molecular formula is C15H12FN3O. The molecule has 2 aromatic carbocycles. The van der Waals surface area contributed by atoms with E-state index in [4.69, 9.17) is 4.74 Å². The number of benzene rings is 2. The number of nitrogens with zero attached hydrogens (tertiary/aromatic N) is 2. The number of ether oxygens (including phenoxy) is 1. The van der Waals surface area contributed by atoms with E-state index in [0.717, 1.165) is 11.4 Å².